The van der Waals surface area contributed by atoms with Gasteiger partial charge in [-0.25, -0.2) is 0 Å². The fourth-order valence-corrected chi connectivity index (χ4v) is 2.13. The quantitative estimate of drug-likeness (QED) is 0.824. The number of hydrogen-bond acceptors (Lipinski definition) is 4. The molecule has 4 heteroatoms. The van der Waals surface area contributed by atoms with E-state index in [1.807, 2.05) is 12.1 Å². The molecule has 16 heavy (non-hydrogen) atoms. The topological polar surface area (TPSA) is 51.6 Å². The molecule has 1 aliphatic rings. The van der Waals surface area contributed by atoms with E-state index in [9.17, 15) is 0 Å². The molecule has 1 fully saturated rings. The van der Waals surface area contributed by atoms with Crippen molar-refractivity contribution in [2.75, 3.05) is 26.2 Å². The Bertz CT molecular complexity index is 300. The highest BCUT2D eigenvalue weighted by molar-refractivity contribution is 5.00. The van der Waals surface area contributed by atoms with Crippen LogP contribution in [0.25, 0.3) is 0 Å². The van der Waals surface area contributed by atoms with Crippen LogP contribution in [0.15, 0.2) is 22.8 Å². The summed E-state index contributed by atoms with van der Waals surface area (Å²) in [5.41, 5.74) is 5.63. The molecule has 0 spiro atoms. The van der Waals surface area contributed by atoms with Crippen molar-refractivity contribution in [1.82, 2.24) is 4.90 Å². The van der Waals surface area contributed by atoms with E-state index < -0.39 is 0 Å². The van der Waals surface area contributed by atoms with Crippen LogP contribution in [0, 0.1) is 0 Å². The molecule has 1 aromatic rings. The van der Waals surface area contributed by atoms with Gasteiger partial charge in [-0.3, -0.25) is 4.90 Å². The lowest BCUT2D eigenvalue weighted by Crippen LogP contribution is -2.49. The van der Waals surface area contributed by atoms with Crippen molar-refractivity contribution in [2.45, 2.75) is 25.5 Å². The number of nitrogens with zero attached hydrogens (tertiary/aromatic N) is 1. The van der Waals surface area contributed by atoms with Crippen LogP contribution in [0.5, 0.6) is 0 Å². The summed E-state index contributed by atoms with van der Waals surface area (Å²) < 4.78 is 10.9. The van der Waals surface area contributed by atoms with E-state index in [1.165, 1.54) is 0 Å². The summed E-state index contributed by atoms with van der Waals surface area (Å²) in [5.74, 6) is 1.04. The molecule has 2 atom stereocenters. The van der Waals surface area contributed by atoms with Crippen LogP contribution in [0.4, 0.5) is 0 Å². The van der Waals surface area contributed by atoms with Gasteiger partial charge in [-0.15, -0.1) is 0 Å². The van der Waals surface area contributed by atoms with Crippen molar-refractivity contribution in [3.63, 3.8) is 0 Å². The third-order valence-electron chi connectivity index (χ3n) is 3.13. The van der Waals surface area contributed by atoms with E-state index >= 15 is 0 Å². The van der Waals surface area contributed by atoms with Crippen molar-refractivity contribution in [3.8, 4) is 0 Å². The second-order valence-corrected chi connectivity index (χ2v) is 4.36. The molecule has 90 valence electrons. The lowest BCUT2D eigenvalue weighted by Gasteiger charge is -2.36. The number of rotatable bonds is 4. The summed E-state index contributed by atoms with van der Waals surface area (Å²) in [4.78, 5) is 2.42. The molecular formula is C12H20N2O2. The van der Waals surface area contributed by atoms with Gasteiger partial charge in [-0.1, -0.05) is 0 Å². The Balaban J connectivity index is 1.86. The zero-order valence-electron chi connectivity index (χ0n) is 9.76. The Morgan fingerprint density at radius 1 is 1.62 bits per heavy atom. The predicted molar refractivity (Wildman–Crippen MR) is 62.2 cm³/mol. The van der Waals surface area contributed by atoms with Gasteiger partial charge >= 0.3 is 0 Å². The number of nitrogens with two attached hydrogens (primary N) is 1. The van der Waals surface area contributed by atoms with Crippen molar-refractivity contribution >= 4 is 0 Å². The van der Waals surface area contributed by atoms with Crippen LogP contribution < -0.4 is 5.73 Å². The molecule has 2 unspecified atom stereocenters. The molecule has 0 radical (unpaired) electrons. The van der Waals surface area contributed by atoms with E-state index in [4.69, 9.17) is 14.9 Å². The minimum absolute atomic E-state index is 0.188. The fraction of sp³-hybridized carbons (Fsp3) is 0.667. The van der Waals surface area contributed by atoms with Crippen LogP contribution in [0.3, 0.4) is 0 Å². The molecule has 1 aromatic heterocycles. The standard InChI is InChI=1S/C12H20N2O2/c1-10(7-11-3-2-5-15-11)14-4-6-16-12(8-13)9-14/h2-3,5,10,12H,4,6-9,13H2,1H3. The smallest absolute Gasteiger partial charge is 0.105 e. The first-order valence-corrected chi connectivity index (χ1v) is 5.87. The summed E-state index contributed by atoms with van der Waals surface area (Å²) in [6.45, 7) is 5.52. The van der Waals surface area contributed by atoms with Gasteiger partial charge in [0.05, 0.1) is 19.0 Å². The molecule has 2 rings (SSSR count). The summed E-state index contributed by atoms with van der Waals surface area (Å²) in [6.07, 6.45) is 2.86. The Kier molecular flexibility index (Phi) is 3.98. The zero-order chi connectivity index (χ0) is 11.4. The van der Waals surface area contributed by atoms with Crippen molar-refractivity contribution < 1.29 is 9.15 Å². The minimum Gasteiger partial charge on any atom is -0.469 e. The minimum atomic E-state index is 0.188. The van der Waals surface area contributed by atoms with E-state index in [1.54, 1.807) is 6.26 Å². The SMILES string of the molecule is CC(Cc1ccco1)N1CCOC(CN)C1. The average Bonchev–Trinajstić information content (AvgIpc) is 2.82. The lowest BCUT2D eigenvalue weighted by atomic mass is 10.1. The molecule has 1 aliphatic heterocycles. The van der Waals surface area contributed by atoms with Gasteiger partial charge < -0.3 is 14.9 Å². The maximum atomic E-state index is 5.63. The van der Waals surface area contributed by atoms with Gasteiger partial charge in [0, 0.05) is 32.1 Å². The van der Waals surface area contributed by atoms with Gasteiger partial charge in [-0.2, -0.15) is 0 Å². The van der Waals surface area contributed by atoms with E-state index in [-0.39, 0.29) is 6.10 Å². The third kappa shape index (κ3) is 2.84. The molecule has 0 saturated carbocycles. The van der Waals surface area contributed by atoms with Crippen molar-refractivity contribution in [2.24, 2.45) is 5.73 Å². The summed E-state index contributed by atoms with van der Waals surface area (Å²) in [7, 11) is 0. The molecular weight excluding hydrogens is 204 g/mol. The average molecular weight is 224 g/mol. The van der Waals surface area contributed by atoms with Gasteiger partial charge in [0.15, 0.2) is 0 Å². The van der Waals surface area contributed by atoms with Crippen LogP contribution >= 0.6 is 0 Å². The summed E-state index contributed by atoms with van der Waals surface area (Å²) in [6, 6.07) is 4.44. The Labute approximate surface area is 96.4 Å². The second-order valence-electron chi connectivity index (χ2n) is 4.36. The number of hydrogen-bond donors (Lipinski definition) is 1. The first-order chi connectivity index (χ1) is 7.79. The van der Waals surface area contributed by atoms with Crippen molar-refractivity contribution in [1.29, 1.82) is 0 Å². The molecule has 0 amide bonds. The summed E-state index contributed by atoms with van der Waals surface area (Å²) >= 11 is 0. The number of ether oxygens (including phenoxy) is 1. The van der Waals surface area contributed by atoms with Crippen LogP contribution in [-0.2, 0) is 11.2 Å². The lowest BCUT2D eigenvalue weighted by molar-refractivity contribution is -0.0363. The molecule has 1 saturated heterocycles. The first-order valence-electron chi connectivity index (χ1n) is 5.87. The molecule has 0 aliphatic carbocycles. The molecule has 0 aromatic carbocycles. The molecule has 2 N–H and O–H groups in total. The summed E-state index contributed by atoms with van der Waals surface area (Å²) in [5, 5.41) is 0. The monoisotopic (exact) mass is 224 g/mol. The third-order valence-corrected chi connectivity index (χ3v) is 3.13. The Morgan fingerprint density at radius 2 is 2.50 bits per heavy atom. The Hall–Kier alpha value is -0.840. The molecule has 4 nitrogen and oxygen atoms in total. The van der Waals surface area contributed by atoms with Gasteiger partial charge in [0.1, 0.15) is 5.76 Å². The highest BCUT2D eigenvalue weighted by atomic mass is 16.5. The number of morpholine rings is 1. The number of furan rings is 1. The van der Waals surface area contributed by atoms with Gasteiger partial charge in [-0.05, 0) is 19.1 Å². The zero-order valence-corrected chi connectivity index (χ0v) is 9.76. The molecule has 2 heterocycles. The maximum absolute atomic E-state index is 5.63. The van der Waals surface area contributed by atoms with Gasteiger partial charge in [0.2, 0.25) is 0 Å². The largest absolute Gasteiger partial charge is 0.469 e. The second kappa shape index (κ2) is 5.48. The van der Waals surface area contributed by atoms with E-state index in [0.717, 1.165) is 31.9 Å². The maximum Gasteiger partial charge on any atom is 0.105 e. The normalized spacial score (nSPS) is 24.5. The van der Waals surface area contributed by atoms with E-state index in [0.29, 0.717) is 12.6 Å². The highest BCUT2D eigenvalue weighted by Gasteiger charge is 2.23. The van der Waals surface area contributed by atoms with Crippen LogP contribution in [-0.4, -0.2) is 43.3 Å². The predicted octanol–water partition coefficient (Wildman–Crippen LogP) is 0.870. The molecule has 0 bridgehead atoms. The Morgan fingerprint density at radius 3 is 3.19 bits per heavy atom. The van der Waals surface area contributed by atoms with Crippen molar-refractivity contribution in [3.05, 3.63) is 24.2 Å². The van der Waals surface area contributed by atoms with Crippen LogP contribution in [0.2, 0.25) is 0 Å². The van der Waals surface area contributed by atoms with Crippen LogP contribution in [0.1, 0.15) is 12.7 Å². The van der Waals surface area contributed by atoms with Gasteiger partial charge in [0.25, 0.3) is 0 Å². The first kappa shape index (κ1) is 11.6. The van der Waals surface area contributed by atoms with E-state index in [2.05, 4.69) is 11.8 Å². The fourth-order valence-electron chi connectivity index (χ4n) is 2.13. The highest BCUT2D eigenvalue weighted by Crippen LogP contribution is 2.13.